The maximum absolute atomic E-state index is 8.58. The zero-order valence-corrected chi connectivity index (χ0v) is 10.1. The summed E-state index contributed by atoms with van der Waals surface area (Å²) < 4.78 is 0. The zero-order valence-electron chi connectivity index (χ0n) is 9.23. The Morgan fingerprint density at radius 3 is 3.06 bits per heavy atom. The fourth-order valence-corrected chi connectivity index (χ4v) is 1.68. The van der Waals surface area contributed by atoms with Gasteiger partial charge < -0.3 is 11.1 Å². The van der Waals surface area contributed by atoms with Crippen LogP contribution in [0.15, 0.2) is 29.2 Å². The number of benzene rings is 1. The van der Waals surface area contributed by atoms with Gasteiger partial charge in [0.25, 0.3) is 0 Å². The molecule has 0 aliphatic heterocycles. The molecule has 0 aliphatic rings. The maximum atomic E-state index is 8.58. The van der Waals surface area contributed by atoms with Crippen LogP contribution in [-0.4, -0.2) is 13.6 Å². The number of thioether (sulfide) groups is 1. The summed E-state index contributed by atoms with van der Waals surface area (Å²) in [5.41, 5.74) is 7.55. The minimum absolute atomic E-state index is 0.739. The van der Waals surface area contributed by atoms with Gasteiger partial charge in [-0.25, -0.2) is 0 Å². The van der Waals surface area contributed by atoms with Crippen molar-refractivity contribution in [1.82, 2.24) is 5.32 Å². The molecule has 0 bridgehead atoms. The zero-order chi connectivity index (χ0) is 11.8. The highest BCUT2D eigenvalue weighted by Gasteiger charge is 1.98. The highest BCUT2D eigenvalue weighted by atomic mass is 32.2. The molecule has 84 valence electrons. The number of nitrogens with one attached hydrogen (secondary N) is 1. The van der Waals surface area contributed by atoms with Crippen LogP contribution in [0.4, 0.5) is 5.69 Å². The number of nitrogen functional groups attached to an aromatic ring is 1. The Hall–Kier alpha value is -1.44. The van der Waals surface area contributed by atoms with E-state index in [9.17, 15) is 0 Å². The molecule has 1 rings (SSSR count). The fraction of sp³-hybridized carbons (Fsp3) is 0.250. The molecule has 0 spiro atoms. The van der Waals surface area contributed by atoms with Gasteiger partial charge >= 0.3 is 0 Å². The van der Waals surface area contributed by atoms with Crippen molar-refractivity contribution in [3.63, 3.8) is 0 Å². The van der Waals surface area contributed by atoms with Crippen molar-refractivity contribution in [2.75, 3.05) is 19.3 Å². The molecule has 3 nitrogen and oxygen atoms in total. The van der Waals surface area contributed by atoms with E-state index >= 15 is 0 Å². The number of anilines is 1. The average molecular weight is 233 g/mol. The first-order valence-electron chi connectivity index (χ1n) is 5.04. The molecular weight excluding hydrogens is 218 g/mol. The summed E-state index contributed by atoms with van der Waals surface area (Å²) in [6.45, 7) is 0.947. The van der Waals surface area contributed by atoms with Crippen molar-refractivity contribution >= 4 is 23.5 Å². The third-order valence-electron chi connectivity index (χ3n) is 2.08. The van der Waals surface area contributed by atoms with Gasteiger partial charge in [0.2, 0.25) is 0 Å². The highest BCUT2D eigenvalue weighted by molar-refractivity contribution is 8.03. The molecule has 0 saturated carbocycles. The summed E-state index contributed by atoms with van der Waals surface area (Å²) >= 11 is 1.15. The summed E-state index contributed by atoms with van der Waals surface area (Å²) in [5, 5.41) is 13.7. The van der Waals surface area contributed by atoms with E-state index in [1.807, 2.05) is 36.7 Å². The van der Waals surface area contributed by atoms with Gasteiger partial charge in [-0.1, -0.05) is 12.2 Å². The number of hydrogen-bond acceptors (Lipinski definition) is 4. The number of rotatable bonds is 5. The van der Waals surface area contributed by atoms with E-state index in [-0.39, 0.29) is 0 Å². The molecule has 16 heavy (non-hydrogen) atoms. The van der Waals surface area contributed by atoms with Gasteiger partial charge in [-0.2, -0.15) is 5.26 Å². The van der Waals surface area contributed by atoms with Crippen LogP contribution < -0.4 is 11.1 Å². The van der Waals surface area contributed by atoms with E-state index < -0.39 is 0 Å². The third kappa shape index (κ3) is 3.97. The van der Waals surface area contributed by atoms with Gasteiger partial charge in [-0.3, -0.25) is 0 Å². The van der Waals surface area contributed by atoms with Crippen molar-refractivity contribution < 1.29 is 0 Å². The Morgan fingerprint density at radius 1 is 1.56 bits per heavy atom. The maximum Gasteiger partial charge on any atom is 0.138 e. The van der Waals surface area contributed by atoms with Crippen molar-refractivity contribution in [3.05, 3.63) is 29.8 Å². The van der Waals surface area contributed by atoms with Crippen LogP contribution >= 0.6 is 11.8 Å². The lowest BCUT2D eigenvalue weighted by molar-refractivity contribution is 0.809. The lowest BCUT2D eigenvalue weighted by atomic mass is 10.1. The average Bonchev–Trinajstić information content (AvgIpc) is 2.29. The SMILES string of the molecule is CNCCC=Cc1cc(SC#N)ccc1N. The summed E-state index contributed by atoms with van der Waals surface area (Å²) in [6, 6.07) is 5.62. The fourth-order valence-electron chi connectivity index (χ4n) is 1.25. The third-order valence-corrected chi connectivity index (χ3v) is 2.66. The minimum atomic E-state index is 0.739. The normalized spacial score (nSPS) is 10.5. The Balaban J connectivity index is 2.74. The Kier molecular flexibility index (Phi) is 5.48. The first-order chi connectivity index (χ1) is 7.77. The van der Waals surface area contributed by atoms with E-state index in [2.05, 4.69) is 11.4 Å². The van der Waals surface area contributed by atoms with Gasteiger partial charge in [0, 0.05) is 10.6 Å². The summed E-state index contributed by atoms with van der Waals surface area (Å²) in [6.07, 6.45) is 5.03. The monoisotopic (exact) mass is 233 g/mol. The molecular formula is C12H15N3S. The van der Waals surface area contributed by atoms with Gasteiger partial charge in [-0.05, 0) is 55.5 Å². The van der Waals surface area contributed by atoms with E-state index in [0.717, 1.165) is 40.9 Å². The first kappa shape index (κ1) is 12.6. The van der Waals surface area contributed by atoms with Crippen LogP contribution in [0, 0.1) is 10.7 Å². The molecule has 0 atom stereocenters. The van der Waals surface area contributed by atoms with Crippen molar-refractivity contribution in [1.29, 1.82) is 5.26 Å². The molecule has 1 aromatic rings. The standard InChI is InChI=1S/C12H15N3S/c1-15-7-3-2-4-10-8-11(16-9-13)5-6-12(10)14/h2,4-6,8,15H,3,7,14H2,1H3. The largest absolute Gasteiger partial charge is 0.398 e. The molecule has 4 heteroatoms. The van der Waals surface area contributed by atoms with Gasteiger partial charge in [0.1, 0.15) is 5.40 Å². The Bertz CT molecular complexity index is 407. The highest BCUT2D eigenvalue weighted by Crippen LogP contribution is 2.23. The number of nitrogens with two attached hydrogens (primary N) is 1. The van der Waals surface area contributed by atoms with Crippen LogP contribution in [0.2, 0.25) is 0 Å². The predicted molar refractivity (Wildman–Crippen MR) is 69.9 cm³/mol. The molecule has 1 aromatic carbocycles. The number of thiocyanates is 1. The number of hydrogen-bond donors (Lipinski definition) is 2. The van der Waals surface area contributed by atoms with E-state index in [4.69, 9.17) is 11.0 Å². The van der Waals surface area contributed by atoms with Crippen LogP contribution in [0.25, 0.3) is 6.08 Å². The van der Waals surface area contributed by atoms with Crippen LogP contribution in [0.3, 0.4) is 0 Å². The van der Waals surface area contributed by atoms with E-state index in [1.165, 1.54) is 0 Å². The van der Waals surface area contributed by atoms with Crippen LogP contribution in [0.1, 0.15) is 12.0 Å². The first-order valence-corrected chi connectivity index (χ1v) is 5.86. The van der Waals surface area contributed by atoms with Crippen molar-refractivity contribution in [2.45, 2.75) is 11.3 Å². The molecule has 0 heterocycles. The summed E-state index contributed by atoms with van der Waals surface area (Å²) in [5.74, 6) is 0. The van der Waals surface area contributed by atoms with Crippen LogP contribution in [0.5, 0.6) is 0 Å². The van der Waals surface area contributed by atoms with Gasteiger partial charge in [0.15, 0.2) is 0 Å². The van der Waals surface area contributed by atoms with E-state index in [1.54, 1.807) is 0 Å². The molecule has 0 unspecified atom stereocenters. The molecule has 0 saturated heterocycles. The van der Waals surface area contributed by atoms with E-state index in [0.29, 0.717) is 0 Å². The van der Waals surface area contributed by atoms with Gasteiger partial charge in [-0.15, -0.1) is 0 Å². The lowest BCUT2D eigenvalue weighted by Gasteiger charge is -2.02. The molecule has 0 aliphatic carbocycles. The molecule has 3 N–H and O–H groups in total. The quantitative estimate of drug-likeness (QED) is 0.355. The number of nitrogens with zero attached hydrogens (tertiary/aromatic N) is 1. The smallest absolute Gasteiger partial charge is 0.138 e. The lowest BCUT2D eigenvalue weighted by Crippen LogP contribution is -2.05. The van der Waals surface area contributed by atoms with Crippen molar-refractivity contribution in [3.8, 4) is 5.40 Å². The molecule has 0 radical (unpaired) electrons. The van der Waals surface area contributed by atoms with Crippen LogP contribution in [-0.2, 0) is 0 Å². The van der Waals surface area contributed by atoms with Crippen molar-refractivity contribution in [2.24, 2.45) is 0 Å². The molecule has 0 fully saturated rings. The number of nitriles is 1. The second-order valence-electron chi connectivity index (χ2n) is 3.28. The minimum Gasteiger partial charge on any atom is -0.398 e. The molecule has 0 amide bonds. The second-order valence-corrected chi connectivity index (χ2v) is 4.14. The second kappa shape index (κ2) is 6.94. The van der Waals surface area contributed by atoms with Gasteiger partial charge in [0.05, 0.1) is 0 Å². The topological polar surface area (TPSA) is 61.8 Å². The predicted octanol–water partition coefficient (Wildman–Crippen LogP) is 2.46. The molecule has 0 aromatic heterocycles. The Morgan fingerprint density at radius 2 is 2.38 bits per heavy atom. The Labute approximate surface area is 100 Å². The summed E-state index contributed by atoms with van der Waals surface area (Å²) in [4.78, 5) is 0.921. The summed E-state index contributed by atoms with van der Waals surface area (Å²) in [7, 11) is 1.92.